The van der Waals surface area contributed by atoms with Crippen molar-refractivity contribution >= 4 is 11.3 Å². The van der Waals surface area contributed by atoms with Gasteiger partial charge in [-0.15, -0.1) is 0 Å². The Morgan fingerprint density at radius 1 is 1.09 bits per heavy atom. The first-order chi connectivity index (χ1) is 10.8. The van der Waals surface area contributed by atoms with Crippen molar-refractivity contribution in [3.8, 4) is 11.4 Å². The summed E-state index contributed by atoms with van der Waals surface area (Å²) in [5.41, 5.74) is 10.7. The zero-order valence-electron chi connectivity index (χ0n) is 12.4. The third kappa shape index (κ3) is 2.33. The summed E-state index contributed by atoms with van der Waals surface area (Å²) in [5.74, 6) is 0. The third-order valence-corrected chi connectivity index (χ3v) is 4.22. The first kappa shape index (κ1) is 13.3. The van der Waals surface area contributed by atoms with Crippen LogP contribution in [0, 0.1) is 0 Å². The highest BCUT2D eigenvalue weighted by Crippen LogP contribution is 2.26. The predicted molar refractivity (Wildman–Crippen MR) is 87.3 cm³/mol. The van der Waals surface area contributed by atoms with E-state index in [2.05, 4.69) is 14.3 Å². The van der Waals surface area contributed by atoms with Crippen LogP contribution in [0.15, 0.2) is 42.7 Å². The average Bonchev–Trinajstić information content (AvgIpc) is 3.17. The highest BCUT2D eigenvalue weighted by atomic mass is 15.2. The van der Waals surface area contributed by atoms with Gasteiger partial charge in [-0.3, -0.25) is 14.3 Å². The zero-order chi connectivity index (χ0) is 14.9. The van der Waals surface area contributed by atoms with Crippen molar-refractivity contribution < 1.29 is 0 Å². The molecule has 0 aromatic carbocycles. The van der Waals surface area contributed by atoms with Crippen molar-refractivity contribution in [2.24, 2.45) is 0 Å². The summed E-state index contributed by atoms with van der Waals surface area (Å²) in [6, 6.07) is 9.80. The Labute approximate surface area is 129 Å². The summed E-state index contributed by atoms with van der Waals surface area (Å²) in [6.07, 6.45) is 6.32. The van der Waals surface area contributed by atoms with Crippen LogP contribution >= 0.6 is 0 Å². The third-order valence-electron chi connectivity index (χ3n) is 4.22. The summed E-state index contributed by atoms with van der Waals surface area (Å²) < 4.78 is 2.11. The molecule has 112 valence electrons. The van der Waals surface area contributed by atoms with Gasteiger partial charge in [0.15, 0.2) is 0 Å². The molecule has 4 heterocycles. The second-order valence-corrected chi connectivity index (χ2v) is 5.80. The monoisotopic (exact) mass is 293 g/mol. The lowest BCUT2D eigenvalue weighted by molar-refractivity contribution is 0.327. The number of nitrogen functional groups attached to an aromatic ring is 1. The van der Waals surface area contributed by atoms with Gasteiger partial charge in [-0.2, -0.15) is 0 Å². The number of hydrogen-bond acceptors (Lipinski definition) is 4. The molecule has 4 rings (SSSR count). The molecule has 0 saturated carbocycles. The highest BCUT2D eigenvalue weighted by Gasteiger charge is 2.19. The molecule has 1 fully saturated rings. The number of likely N-dealkylation sites (tertiary alicyclic amines) is 1. The van der Waals surface area contributed by atoms with Crippen molar-refractivity contribution in [2.45, 2.75) is 19.4 Å². The van der Waals surface area contributed by atoms with Gasteiger partial charge in [0.25, 0.3) is 0 Å². The summed E-state index contributed by atoms with van der Waals surface area (Å²) in [4.78, 5) is 11.7. The molecule has 1 saturated heterocycles. The Hall–Kier alpha value is -2.40. The molecule has 0 amide bonds. The first-order valence-electron chi connectivity index (χ1n) is 7.71. The van der Waals surface area contributed by atoms with Crippen LogP contribution in [-0.2, 0) is 6.54 Å². The molecule has 5 nitrogen and oxygen atoms in total. The predicted octanol–water partition coefficient (Wildman–Crippen LogP) is 2.57. The molecule has 3 aromatic rings. The van der Waals surface area contributed by atoms with E-state index in [9.17, 15) is 0 Å². The standard InChI is InChI=1S/C17H19N5/c18-13-6-7-16-20-17(14-5-1-2-8-19-14)15(22(16)11-13)12-21-9-3-4-10-21/h1-2,5-8,11H,3-4,9-10,12,18H2. The quantitative estimate of drug-likeness (QED) is 0.806. The number of fused-ring (bicyclic) bond motifs is 1. The minimum absolute atomic E-state index is 0.750. The van der Waals surface area contributed by atoms with E-state index in [0.29, 0.717) is 0 Å². The molecule has 0 aliphatic carbocycles. The second-order valence-electron chi connectivity index (χ2n) is 5.80. The van der Waals surface area contributed by atoms with Crippen LogP contribution in [0.3, 0.4) is 0 Å². The Balaban J connectivity index is 1.86. The van der Waals surface area contributed by atoms with Crippen LogP contribution in [0.2, 0.25) is 0 Å². The van der Waals surface area contributed by atoms with E-state index in [4.69, 9.17) is 10.7 Å². The van der Waals surface area contributed by atoms with E-state index in [0.717, 1.165) is 42.4 Å². The van der Waals surface area contributed by atoms with Crippen LogP contribution in [0.1, 0.15) is 18.5 Å². The zero-order valence-corrected chi connectivity index (χ0v) is 12.4. The molecular weight excluding hydrogens is 274 g/mol. The molecule has 0 bridgehead atoms. The van der Waals surface area contributed by atoms with Gasteiger partial charge in [-0.1, -0.05) is 6.07 Å². The molecule has 1 aliphatic heterocycles. The van der Waals surface area contributed by atoms with Gasteiger partial charge in [-0.25, -0.2) is 4.98 Å². The summed E-state index contributed by atoms with van der Waals surface area (Å²) >= 11 is 0. The molecule has 0 unspecified atom stereocenters. The largest absolute Gasteiger partial charge is 0.398 e. The lowest BCUT2D eigenvalue weighted by Crippen LogP contribution is -2.20. The van der Waals surface area contributed by atoms with Crippen LogP contribution < -0.4 is 5.73 Å². The van der Waals surface area contributed by atoms with Crippen molar-refractivity contribution in [3.63, 3.8) is 0 Å². The summed E-state index contributed by atoms with van der Waals surface area (Å²) in [5, 5.41) is 0. The number of hydrogen-bond donors (Lipinski definition) is 1. The summed E-state index contributed by atoms with van der Waals surface area (Å²) in [7, 11) is 0. The Kier molecular flexibility index (Phi) is 3.27. The Morgan fingerprint density at radius 3 is 2.73 bits per heavy atom. The number of anilines is 1. The SMILES string of the molecule is Nc1ccc2nc(-c3ccccn3)c(CN3CCCC3)n2c1. The minimum Gasteiger partial charge on any atom is -0.398 e. The minimum atomic E-state index is 0.750. The molecule has 22 heavy (non-hydrogen) atoms. The number of nitrogens with two attached hydrogens (primary N) is 1. The smallest absolute Gasteiger partial charge is 0.137 e. The fraction of sp³-hybridized carbons (Fsp3) is 0.294. The fourth-order valence-corrected chi connectivity index (χ4v) is 3.12. The van der Waals surface area contributed by atoms with Crippen molar-refractivity contribution in [3.05, 3.63) is 48.4 Å². The lowest BCUT2D eigenvalue weighted by Gasteiger charge is -2.15. The first-order valence-corrected chi connectivity index (χ1v) is 7.71. The molecule has 1 aliphatic rings. The van der Waals surface area contributed by atoms with E-state index in [-0.39, 0.29) is 0 Å². The van der Waals surface area contributed by atoms with Gasteiger partial charge in [0.1, 0.15) is 11.3 Å². The Morgan fingerprint density at radius 2 is 1.95 bits per heavy atom. The Bertz CT molecular complexity index is 787. The normalized spacial score (nSPS) is 15.6. The fourth-order valence-electron chi connectivity index (χ4n) is 3.12. The molecular formula is C17H19N5. The van der Waals surface area contributed by atoms with Gasteiger partial charge < -0.3 is 5.73 Å². The number of aromatic nitrogens is 3. The number of rotatable bonds is 3. The van der Waals surface area contributed by atoms with Crippen LogP contribution in [0.5, 0.6) is 0 Å². The van der Waals surface area contributed by atoms with E-state index in [1.165, 1.54) is 18.5 Å². The average molecular weight is 293 g/mol. The molecule has 0 spiro atoms. The molecule has 2 N–H and O–H groups in total. The number of pyridine rings is 2. The van der Waals surface area contributed by atoms with E-state index in [1.807, 2.05) is 42.7 Å². The van der Waals surface area contributed by atoms with Gasteiger partial charge in [0.2, 0.25) is 0 Å². The topological polar surface area (TPSA) is 59.5 Å². The number of imidazole rings is 1. The molecule has 0 radical (unpaired) electrons. The lowest BCUT2D eigenvalue weighted by atomic mass is 10.2. The molecule has 0 atom stereocenters. The molecule has 3 aromatic heterocycles. The maximum Gasteiger partial charge on any atom is 0.137 e. The second kappa shape index (κ2) is 5.42. The number of nitrogens with zero attached hydrogens (tertiary/aromatic N) is 4. The van der Waals surface area contributed by atoms with E-state index >= 15 is 0 Å². The van der Waals surface area contributed by atoms with Crippen molar-refractivity contribution in [2.75, 3.05) is 18.8 Å². The summed E-state index contributed by atoms with van der Waals surface area (Å²) in [6.45, 7) is 3.19. The van der Waals surface area contributed by atoms with E-state index in [1.54, 1.807) is 0 Å². The van der Waals surface area contributed by atoms with Gasteiger partial charge >= 0.3 is 0 Å². The molecule has 5 heteroatoms. The maximum atomic E-state index is 5.97. The van der Waals surface area contributed by atoms with E-state index < -0.39 is 0 Å². The van der Waals surface area contributed by atoms with Gasteiger partial charge in [0, 0.05) is 24.6 Å². The highest BCUT2D eigenvalue weighted by molar-refractivity contribution is 5.64. The van der Waals surface area contributed by atoms with Crippen LogP contribution in [0.4, 0.5) is 5.69 Å². The van der Waals surface area contributed by atoms with Crippen molar-refractivity contribution in [1.82, 2.24) is 19.3 Å². The van der Waals surface area contributed by atoms with Crippen LogP contribution in [-0.4, -0.2) is 32.4 Å². The maximum absolute atomic E-state index is 5.97. The van der Waals surface area contributed by atoms with Crippen LogP contribution in [0.25, 0.3) is 17.0 Å². The van der Waals surface area contributed by atoms with Gasteiger partial charge in [0.05, 0.1) is 11.4 Å². The van der Waals surface area contributed by atoms with Crippen molar-refractivity contribution in [1.29, 1.82) is 0 Å². The van der Waals surface area contributed by atoms with Gasteiger partial charge in [-0.05, 0) is 50.2 Å².